The van der Waals surface area contributed by atoms with Crippen molar-refractivity contribution in [1.29, 1.82) is 0 Å². The van der Waals surface area contributed by atoms with Crippen molar-refractivity contribution in [2.24, 2.45) is 11.3 Å². The first kappa shape index (κ1) is 17.4. The molecule has 0 heterocycles. The summed E-state index contributed by atoms with van der Waals surface area (Å²) in [4.78, 5) is 12.2. The van der Waals surface area contributed by atoms with E-state index in [1.807, 2.05) is 0 Å². The minimum atomic E-state index is -0.506. The minimum absolute atomic E-state index is 0.124. The highest BCUT2D eigenvalue weighted by Gasteiger charge is 2.44. The van der Waals surface area contributed by atoms with Crippen molar-refractivity contribution in [3.63, 3.8) is 0 Å². The average Bonchev–Trinajstić information content (AvgIpc) is 2.47. The lowest BCUT2D eigenvalue weighted by Crippen LogP contribution is -2.56. The zero-order valence-electron chi connectivity index (χ0n) is 13.8. The first-order chi connectivity index (χ1) is 9.41. The van der Waals surface area contributed by atoms with Crippen molar-refractivity contribution < 1.29 is 14.3 Å². The molecule has 1 aliphatic carbocycles. The van der Waals surface area contributed by atoms with Crippen LogP contribution < -0.4 is 5.32 Å². The Labute approximate surface area is 123 Å². The van der Waals surface area contributed by atoms with Crippen molar-refractivity contribution >= 4 is 5.97 Å². The van der Waals surface area contributed by atoms with Gasteiger partial charge in [0, 0.05) is 13.7 Å². The molecule has 4 nitrogen and oxygen atoms in total. The molecule has 0 unspecified atom stereocenters. The lowest BCUT2D eigenvalue weighted by Gasteiger charge is -2.43. The number of hydrogen-bond acceptors (Lipinski definition) is 4. The standard InChI is InChI=1S/C16H31NO3/c1-6-15(2,3)13-7-9-16(10-8-13,14(18)20-5)17-11-12-19-4/h13,17H,6-12H2,1-5H3. The van der Waals surface area contributed by atoms with Gasteiger partial charge in [0.05, 0.1) is 13.7 Å². The van der Waals surface area contributed by atoms with E-state index in [0.29, 0.717) is 24.5 Å². The molecule has 20 heavy (non-hydrogen) atoms. The number of nitrogens with one attached hydrogen (secondary N) is 1. The van der Waals surface area contributed by atoms with Crippen LogP contribution in [0.15, 0.2) is 0 Å². The molecule has 0 saturated heterocycles. The van der Waals surface area contributed by atoms with Gasteiger partial charge in [0.1, 0.15) is 5.54 Å². The highest BCUT2D eigenvalue weighted by atomic mass is 16.5. The third-order valence-corrected chi connectivity index (χ3v) is 5.20. The van der Waals surface area contributed by atoms with Gasteiger partial charge in [-0.15, -0.1) is 0 Å². The van der Waals surface area contributed by atoms with Crippen LogP contribution in [0, 0.1) is 11.3 Å². The third kappa shape index (κ3) is 3.95. The summed E-state index contributed by atoms with van der Waals surface area (Å²) < 4.78 is 10.1. The Morgan fingerprint density at radius 1 is 1.30 bits per heavy atom. The molecule has 0 aromatic heterocycles. The largest absolute Gasteiger partial charge is 0.468 e. The minimum Gasteiger partial charge on any atom is -0.468 e. The lowest BCUT2D eigenvalue weighted by molar-refractivity contribution is -0.151. The predicted octanol–water partition coefficient (Wildman–Crippen LogP) is 2.76. The van der Waals surface area contributed by atoms with Gasteiger partial charge < -0.3 is 9.47 Å². The van der Waals surface area contributed by atoms with Crippen molar-refractivity contribution in [3.8, 4) is 0 Å². The molecular formula is C16H31NO3. The molecule has 0 radical (unpaired) electrons. The van der Waals surface area contributed by atoms with E-state index in [1.165, 1.54) is 13.5 Å². The molecule has 4 heteroatoms. The second-order valence-electron chi connectivity index (χ2n) is 6.61. The molecule has 0 spiro atoms. The molecule has 1 rings (SSSR count). The van der Waals surface area contributed by atoms with Crippen LogP contribution in [0.2, 0.25) is 0 Å². The van der Waals surface area contributed by atoms with Crippen LogP contribution in [0.5, 0.6) is 0 Å². The summed E-state index contributed by atoms with van der Waals surface area (Å²) in [6.45, 7) is 8.22. The molecule has 1 saturated carbocycles. The smallest absolute Gasteiger partial charge is 0.326 e. The SMILES string of the molecule is CCC(C)(C)C1CCC(NCCOC)(C(=O)OC)CC1. The van der Waals surface area contributed by atoms with Crippen molar-refractivity contribution in [2.75, 3.05) is 27.4 Å². The van der Waals surface area contributed by atoms with Crippen LogP contribution in [0.1, 0.15) is 52.9 Å². The zero-order chi connectivity index (χ0) is 15.2. The van der Waals surface area contributed by atoms with E-state index < -0.39 is 5.54 Å². The van der Waals surface area contributed by atoms with Crippen molar-refractivity contribution in [2.45, 2.75) is 58.4 Å². The van der Waals surface area contributed by atoms with Gasteiger partial charge in [0.25, 0.3) is 0 Å². The third-order valence-electron chi connectivity index (χ3n) is 5.20. The molecule has 0 atom stereocenters. The number of hydrogen-bond donors (Lipinski definition) is 1. The number of esters is 1. The number of carbonyl (C=O) groups is 1. The highest BCUT2D eigenvalue weighted by Crippen LogP contribution is 2.43. The number of methoxy groups -OCH3 is 2. The summed E-state index contributed by atoms with van der Waals surface area (Å²) in [5.74, 6) is 0.566. The number of ether oxygens (including phenoxy) is 2. The van der Waals surface area contributed by atoms with E-state index >= 15 is 0 Å². The van der Waals surface area contributed by atoms with E-state index in [1.54, 1.807) is 7.11 Å². The zero-order valence-corrected chi connectivity index (χ0v) is 13.8. The first-order valence-electron chi connectivity index (χ1n) is 7.74. The van der Waals surface area contributed by atoms with Crippen molar-refractivity contribution in [3.05, 3.63) is 0 Å². The maximum absolute atomic E-state index is 12.2. The number of rotatable bonds is 7. The lowest BCUT2D eigenvalue weighted by atomic mass is 9.65. The van der Waals surface area contributed by atoms with E-state index in [4.69, 9.17) is 9.47 Å². The fourth-order valence-electron chi connectivity index (χ4n) is 3.22. The molecule has 1 N–H and O–H groups in total. The highest BCUT2D eigenvalue weighted by molar-refractivity contribution is 5.80. The van der Waals surface area contributed by atoms with Crippen LogP contribution in [-0.4, -0.2) is 38.9 Å². The Bertz CT molecular complexity index is 307. The maximum atomic E-state index is 12.2. The molecule has 0 aromatic rings. The van der Waals surface area contributed by atoms with E-state index in [2.05, 4.69) is 26.1 Å². The van der Waals surface area contributed by atoms with Crippen molar-refractivity contribution in [1.82, 2.24) is 5.32 Å². The van der Waals surface area contributed by atoms with Gasteiger partial charge in [-0.25, -0.2) is 0 Å². The summed E-state index contributed by atoms with van der Waals surface area (Å²) in [5, 5.41) is 3.38. The normalized spacial score (nSPS) is 27.4. The van der Waals surface area contributed by atoms with E-state index in [0.717, 1.165) is 25.7 Å². The molecule has 118 valence electrons. The monoisotopic (exact) mass is 285 g/mol. The van der Waals surface area contributed by atoms with Crippen LogP contribution in [0.25, 0.3) is 0 Å². The van der Waals surface area contributed by atoms with Gasteiger partial charge in [-0.3, -0.25) is 10.1 Å². The molecule has 1 aliphatic rings. The Balaban J connectivity index is 2.68. The summed E-state index contributed by atoms with van der Waals surface area (Å²) >= 11 is 0. The van der Waals surface area contributed by atoms with Gasteiger partial charge in [0.15, 0.2) is 0 Å². The van der Waals surface area contributed by atoms with Crippen LogP contribution >= 0.6 is 0 Å². The van der Waals surface area contributed by atoms with Crippen LogP contribution in [-0.2, 0) is 14.3 Å². The predicted molar refractivity (Wildman–Crippen MR) is 80.7 cm³/mol. The second-order valence-corrected chi connectivity index (χ2v) is 6.61. The summed E-state index contributed by atoms with van der Waals surface area (Å²) in [6, 6.07) is 0. The average molecular weight is 285 g/mol. The fourth-order valence-corrected chi connectivity index (χ4v) is 3.22. The first-order valence-corrected chi connectivity index (χ1v) is 7.74. The fraction of sp³-hybridized carbons (Fsp3) is 0.938. The Morgan fingerprint density at radius 3 is 2.35 bits per heavy atom. The summed E-state index contributed by atoms with van der Waals surface area (Å²) in [5.41, 5.74) is -0.150. The van der Waals surface area contributed by atoms with Gasteiger partial charge in [-0.1, -0.05) is 27.2 Å². The van der Waals surface area contributed by atoms with Crippen LogP contribution in [0.4, 0.5) is 0 Å². The Hall–Kier alpha value is -0.610. The Kier molecular flexibility index (Phi) is 6.46. The van der Waals surface area contributed by atoms with Crippen LogP contribution in [0.3, 0.4) is 0 Å². The molecule has 0 amide bonds. The maximum Gasteiger partial charge on any atom is 0.326 e. The van der Waals surface area contributed by atoms with Gasteiger partial charge >= 0.3 is 5.97 Å². The van der Waals surface area contributed by atoms with Gasteiger partial charge in [0.2, 0.25) is 0 Å². The molecule has 0 aromatic carbocycles. The molecule has 0 bridgehead atoms. The summed E-state index contributed by atoms with van der Waals surface area (Å²) in [7, 11) is 3.15. The Morgan fingerprint density at radius 2 is 1.90 bits per heavy atom. The van der Waals surface area contributed by atoms with E-state index in [-0.39, 0.29) is 5.97 Å². The van der Waals surface area contributed by atoms with E-state index in [9.17, 15) is 4.79 Å². The van der Waals surface area contributed by atoms with Gasteiger partial charge in [-0.05, 0) is 37.0 Å². The molecule has 1 fully saturated rings. The second kappa shape index (κ2) is 7.41. The number of carbonyl (C=O) groups excluding carboxylic acids is 1. The van der Waals surface area contributed by atoms with Gasteiger partial charge in [-0.2, -0.15) is 0 Å². The summed E-state index contributed by atoms with van der Waals surface area (Å²) in [6.07, 6.45) is 5.06. The topological polar surface area (TPSA) is 47.6 Å². The quantitative estimate of drug-likeness (QED) is 0.577. The molecule has 0 aliphatic heterocycles. The molecular weight excluding hydrogens is 254 g/mol.